The van der Waals surface area contributed by atoms with Crippen molar-refractivity contribution in [1.82, 2.24) is 4.13 Å². The highest BCUT2D eigenvalue weighted by molar-refractivity contribution is 8.11. The van der Waals surface area contributed by atoms with E-state index in [9.17, 15) is 43.4 Å². The molecular formula is C4HF10NS2. The van der Waals surface area contributed by atoms with E-state index in [-0.39, 0.29) is 0 Å². The predicted octanol–water partition coefficient (Wildman–Crippen LogP) is 4.18. The largest absolute Gasteiger partial charge is 0.460 e. The van der Waals surface area contributed by atoms with Crippen molar-refractivity contribution in [3.05, 3.63) is 0 Å². The van der Waals surface area contributed by atoms with Crippen molar-refractivity contribution >= 4 is 24.3 Å². The van der Waals surface area contributed by atoms with E-state index < -0.39 is 47.6 Å². The van der Waals surface area contributed by atoms with Gasteiger partial charge in [0.05, 0.1) is 0 Å². The van der Waals surface area contributed by atoms with Crippen LogP contribution >= 0.6 is 24.3 Å². The number of hydrogen-bond donors (Lipinski definition) is 1. The minimum atomic E-state index is -6.96. The second kappa shape index (κ2) is 4.91. The summed E-state index contributed by atoms with van der Waals surface area (Å²) in [6, 6.07) is 0. The maximum absolute atomic E-state index is 12.4. The Bertz CT molecular complexity index is 262. The summed E-state index contributed by atoms with van der Waals surface area (Å²) < 4.78 is 120. The molecule has 0 aliphatic rings. The molecule has 0 aromatic heterocycles. The van der Waals surface area contributed by atoms with Crippen LogP contribution in [0.1, 0.15) is 0 Å². The Labute approximate surface area is 95.9 Å². The van der Waals surface area contributed by atoms with E-state index in [4.69, 9.17) is 0 Å². The molecule has 0 saturated carbocycles. The second-order valence-electron chi connectivity index (χ2n) is 2.43. The predicted molar refractivity (Wildman–Crippen MR) is 40.3 cm³/mol. The zero-order valence-corrected chi connectivity index (χ0v) is 8.73. The molecule has 0 rings (SSSR count). The minimum Gasteiger partial charge on any atom is -0.191 e. The molecule has 0 aromatic carbocycles. The number of halogens is 10. The molecule has 0 spiro atoms. The van der Waals surface area contributed by atoms with Crippen molar-refractivity contribution in [2.75, 3.05) is 0 Å². The molecular weight excluding hydrogens is 316 g/mol. The lowest BCUT2D eigenvalue weighted by Gasteiger charge is -2.32. The van der Waals surface area contributed by atoms with Gasteiger partial charge in [0.25, 0.3) is 0 Å². The highest BCUT2D eigenvalue weighted by Crippen LogP contribution is 2.56. The first-order valence-corrected chi connectivity index (χ1v) is 4.75. The summed E-state index contributed by atoms with van der Waals surface area (Å²) >= 11 is -2.76. The quantitative estimate of drug-likeness (QED) is 0.603. The monoisotopic (exact) mass is 317 g/mol. The van der Waals surface area contributed by atoms with Gasteiger partial charge in [0.2, 0.25) is 0 Å². The van der Waals surface area contributed by atoms with Gasteiger partial charge in [-0.2, -0.15) is 43.6 Å². The van der Waals surface area contributed by atoms with E-state index >= 15 is 0 Å². The molecule has 0 heterocycles. The Kier molecular flexibility index (Phi) is 4.90. The molecule has 0 aromatic rings. The SMILES string of the molecule is FSNSC(F)(F)C(F)(F)C(F)(F)C(F)(F)F. The Morgan fingerprint density at radius 1 is 0.706 bits per heavy atom. The third kappa shape index (κ3) is 3.05. The zero-order chi connectivity index (χ0) is 14.1. The van der Waals surface area contributed by atoms with Crippen molar-refractivity contribution in [3.8, 4) is 0 Å². The van der Waals surface area contributed by atoms with Crippen LogP contribution in [0.5, 0.6) is 0 Å². The average molecular weight is 317 g/mol. The normalized spacial score (nSPS) is 15.2. The number of nitrogens with one attached hydrogen (secondary N) is 1. The Balaban J connectivity index is 5.24. The molecule has 0 aliphatic heterocycles. The average Bonchev–Trinajstić information content (AvgIpc) is 2.12. The maximum atomic E-state index is 12.4. The number of alkyl halides is 9. The molecule has 1 nitrogen and oxygen atoms in total. The van der Waals surface area contributed by atoms with Crippen LogP contribution in [-0.4, -0.2) is 23.3 Å². The van der Waals surface area contributed by atoms with Crippen LogP contribution < -0.4 is 4.13 Å². The maximum Gasteiger partial charge on any atom is 0.460 e. The summed E-state index contributed by atoms with van der Waals surface area (Å²) in [7, 11) is 0. The molecule has 0 amide bonds. The Morgan fingerprint density at radius 3 is 1.41 bits per heavy atom. The Hall–Kier alpha value is -0.0400. The summed E-state index contributed by atoms with van der Waals surface area (Å²) in [4.78, 5) is 0. The van der Waals surface area contributed by atoms with Gasteiger partial charge in [0, 0.05) is 11.9 Å². The highest BCUT2D eigenvalue weighted by atomic mass is 32.2. The van der Waals surface area contributed by atoms with Crippen molar-refractivity contribution in [2.45, 2.75) is 23.3 Å². The highest BCUT2D eigenvalue weighted by Gasteiger charge is 2.82. The smallest absolute Gasteiger partial charge is 0.191 e. The van der Waals surface area contributed by atoms with Crippen molar-refractivity contribution < 1.29 is 43.4 Å². The topological polar surface area (TPSA) is 12.0 Å². The summed E-state index contributed by atoms with van der Waals surface area (Å²) in [5.74, 6) is -13.7. The minimum absolute atomic E-state index is 0.754. The van der Waals surface area contributed by atoms with Gasteiger partial charge in [-0.3, -0.25) is 0 Å². The third-order valence-electron chi connectivity index (χ3n) is 1.32. The summed E-state index contributed by atoms with van der Waals surface area (Å²) in [6.45, 7) is 0. The molecule has 0 atom stereocenters. The molecule has 0 aliphatic carbocycles. The van der Waals surface area contributed by atoms with Crippen molar-refractivity contribution in [2.24, 2.45) is 0 Å². The van der Waals surface area contributed by atoms with Crippen LogP contribution in [-0.2, 0) is 0 Å². The molecule has 0 radical (unpaired) electrons. The lowest BCUT2D eigenvalue weighted by Crippen LogP contribution is -2.60. The summed E-state index contributed by atoms with van der Waals surface area (Å²) in [5, 5.41) is -5.87. The molecule has 104 valence electrons. The van der Waals surface area contributed by atoms with E-state index in [1.807, 2.05) is 0 Å². The fourth-order valence-corrected chi connectivity index (χ4v) is 1.29. The van der Waals surface area contributed by atoms with Crippen LogP contribution in [0.4, 0.5) is 43.4 Å². The van der Waals surface area contributed by atoms with E-state index in [0.29, 0.717) is 0 Å². The lowest BCUT2D eigenvalue weighted by atomic mass is 10.1. The fraction of sp³-hybridized carbons (Fsp3) is 1.00. The van der Waals surface area contributed by atoms with Crippen LogP contribution in [0, 0.1) is 0 Å². The van der Waals surface area contributed by atoms with Gasteiger partial charge in [-0.05, 0) is 0 Å². The van der Waals surface area contributed by atoms with Gasteiger partial charge in [0.15, 0.2) is 0 Å². The summed E-state index contributed by atoms with van der Waals surface area (Å²) in [5.41, 5.74) is 0. The first kappa shape index (κ1) is 17.0. The van der Waals surface area contributed by atoms with Gasteiger partial charge in [0.1, 0.15) is 12.3 Å². The standard InChI is InChI=1S/C4HF10NS2/c5-1(6,3(9,10)11)2(7,8)4(12,13)16-15-17-14/h15H. The van der Waals surface area contributed by atoms with Crippen molar-refractivity contribution in [1.29, 1.82) is 0 Å². The second-order valence-corrected chi connectivity index (χ2v) is 3.96. The first-order chi connectivity index (χ1) is 7.31. The third-order valence-corrected chi connectivity index (χ3v) is 2.42. The van der Waals surface area contributed by atoms with Crippen LogP contribution in [0.3, 0.4) is 0 Å². The number of rotatable bonds is 5. The molecule has 0 saturated heterocycles. The molecule has 1 N–H and O–H groups in total. The molecule has 13 heteroatoms. The fourth-order valence-electron chi connectivity index (χ4n) is 0.493. The molecule has 0 bridgehead atoms. The van der Waals surface area contributed by atoms with E-state index in [0.717, 1.165) is 4.13 Å². The lowest BCUT2D eigenvalue weighted by molar-refractivity contribution is -0.381. The van der Waals surface area contributed by atoms with Crippen LogP contribution in [0.2, 0.25) is 0 Å². The molecule has 0 unspecified atom stereocenters. The van der Waals surface area contributed by atoms with E-state index in [1.165, 1.54) is 0 Å². The van der Waals surface area contributed by atoms with Gasteiger partial charge < -0.3 is 0 Å². The van der Waals surface area contributed by atoms with Gasteiger partial charge in [-0.1, -0.05) is 0 Å². The van der Waals surface area contributed by atoms with Gasteiger partial charge in [-0.15, -0.1) is 3.89 Å². The van der Waals surface area contributed by atoms with Crippen LogP contribution in [0.15, 0.2) is 0 Å². The number of hydrogen-bond acceptors (Lipinski definition) is 3. The van der Waals surface area contributed by atoms with E-state index in [2.05, 4.69) is 0 Å². The van der Waals surface area contributed by atoms with Gasteiger partial charge in [-0.25, -0.2) is 0 Å². The zero-order valence-electron chi connectivity index (χ0n) is 7.10. The molecule has 17 heavy (non-hydrogen) atoms. The molecule has 0 fully saturated rings. The van der Waals surface area contributed by atoms with Crippen LogP contribution in [0.25, 0.3) is 0 Å². The van der Waals surface area contributed by atoms with E-state index in [1.54, 1.807) is 0 Å². The Morgan fingerprint density at radius 2 is 1.12 bits per heavy atom. The van der Waals surface area contributed by atoms with Crippen molar-refractivity contribution in [3.63, 3.8) is 0 Å². The summed E-state index contributed by atoms with van der Waals surface area (Å²) in [6.07, 6.45) is -6.87. The first-order valence-electron chi connectivity index (χ1n) is 3.22. The van der Waals surface area contributed by atoms with Gasteiger partial charge >= 0.3 is 23.3 Å².